The topological polar surface area (TPSA) is 29.5 Å². The van der Waals surface area contributed by atoms with Gasteiger partial charge in [0.25, 0.3) is 5.91 Å². The smallest absolute Gasteiger partial charge is 0.253 e. The van der Waals surface area contributed by atoms with Crippen molar-refractivity contribution in [1.29, 1.82) is 0 Å². The van der Waals surface area contributed by atoms with E-state index in [0.717, 1.165) is 40.8 Å². The average molecular weight is 373 g/mol. The van der Waals surface area contributed by atoms with Crippen LogP contribution in [0.1, 0.15) is 37.0 Å². The number of piperidine rings is 1. The highest BCUT2D eigenvalue weighted by Crippen LogP contribution is 2.30. The summed E-state index contributed by atoms with van der Waals surface area (Å²) in [5.41, 5.74) is 1.12. The van der Waals surface area contributed by atoms with E-state index in [9.17, 15) is 4.79 Å². The number of methoxy groups -OCH3 is 1. The molecule has 1 aliphatic heterocycles. The van der Waals surface area contributed by atoms with E-state index in [2.05, 4.69) is 36.4 Å². The molecule has 1 fully saturated rings. The van der Waals surface area contributed by atoms with Gasteiger partial charge in [-0.15, -0.1) is 0 Å². The van der Waals surface area contributed by atoms with E-state index < -0.39 is 0 Å². The molecule has 1 aliphatic rings. The Morgan fingerprint density at radius 1 is 1.32 bits per heavy atom. The number of amides is 1. The standard InChI is InChI=1S/C15H20INO2/c1-15(2)6-8-17(9-7-15)14(18)11-4-5-13(19-3)12(16)10-11/h4-5,10H,6-9H2,1-3H3. The second-order valence-electron chi connectivity index (χ2n) is 5.81. The average Bonchev–Trinajstić information content (AvgIpc) is 2.38. The van der Waals surface area contributed by atoms with Crippen LogP contribution in [0, 0.1) is 8.99 Å². The SMILES string of the molecule is COc1ccc(C(=O)N2CCC(C)(C)CC2)cc1I. The number of rotatable bonds is 2. The van der Waals surface area contributed by atoms with Gasteiger partial charge < -0.3 is 9.64 Å². The Morgan fingerprint density at radius 2 is 1.95 bits per heavy atom. The molecule has 0 bridgehead atoms. The minimum absolute atomic E-state index is 0.135. The van der Waals surface area contributed by atoms with Crippen LogP contribution in [-0.4, -0.2) is 31.0 Å². The highest BCUT2D eigenvalue weighted by Gasteiger charge is 2.28. The van der Waals surface area contributed by atoms with Gasteiger partial charge in [0, 0.05) is 18.7 Å². The molecule has 1 amide bonds. The summed E-state index contributed by atoms with van der Waals surface area (Å²) in [6, 6.07) is 5.62. The number of hydrogen-bond donors (Lipinski definition) is 0. The predicted octanol–water partition coefficient (Wildman–Crippen LogP) is 3.56. The molecule has 1 saturated heterocycles. The lowest BCUT2D eigenvalue weighted by Gasteiger charge is -2.37. The van der Waals surface area contributed by atoms with Crippen LogP contribution in [0.3, 0.4) is 0 Å². The molecule has 104 valence electrons. The fraction of sp³-hybridized carbons (Fsp3) is 0.533. The molecule has 4 heteroatoms. The first kappa shape index (κ1) is 14.6. The van der Waals surface area contributed by atoms with Gasteiger partial charge in [-0.2, -0.15) is 0 Å². The van der Waals surface area contributed by atoms with Crippen LogP contribution in [0.25, 0.3) is 0 Å². The number of carbonyl (C=O) groups is 1. The van der Waals surface area contributed by atoms with E-state index in [0.29, 0.717) is 5.41 Å². The first-order valence-corrected chi connectivity index (χ1v) is 7.64. The summed E-state index contributed by atoms with van der Waals surface area (Å²) in [4.78, 5) is 14.4. The molecule has 0 atom stereocenters. The quantitative estimate of drug-likeness (QED) is 0.742. The van der Waals surface area contributed by atoms with Crippen LogP contribution < -0.4 is 4.74 Å². The highest BCUT2D eigenvalue weighted by atomic mass is 127. The number of benzene rings is 1. The lowest BCUT2D eigenvalue weighted by Crippen LogP contribution is -2.41. The van der Waals surface area contributed by atoms with Gasteiger partial charge in [0.05, 0.1) is 10.7 Å². The van der Waals surface area contributed by atoms with Crippen molar-refractivity contribution in [2.45, 2.75) is 26.7 Å². The fourth-order valence-corrected chi connectivity index (χ4v) is 3.03. The van der Waals surface area contributed by atoms with Gasteiger partial charge in [-0.3, -0.25) is 4.79 Å². The van der Waals surface area contributed by atoms with Gasteiger partial charge in [-0.05, 0) is 59.0 Å². The monoisotopic (exact) mass is 373 g/mol. The Kier molecular flexibility index (Phi) is 4.38. The normalized spacial score (nSPS) is 18.2. The molecule has 1 aromatic carbocycles. The van der Waals surface area contributed by atoms with E-state index in [-0.39, 0.29) is 5.91 Å². The zero-order valence-electron chi connectivity index (χ0n) is 11.7. The van der Waals surface area contributed by atoms with Crippen molar-refractivity contribution in [3.05, 3.63) is 27.3 Å². The Balaban J connectivity index is 2.10. The molecule has 2 rings (SSSR count). The first-order valence-electron chi connectivity index (χ1n) is 6.56. The molecule has 0 radical (unpaired) electrons. The van der Waals surface area contributed by atoms with E-state index in [1.807, 2.05) is 23.1 Å². The summed E-state index contributed by atoms with van der Waals surface area (Å²) >= 11 is 2.20. The Morgan fingerprint density at radius 3 is 2.47 bits per heavy atom. The third-order valence-corrected chi connectivity index (χ3v) is 4.65. The number of hydrogen-bond acceptors (Lipinski definition) is 2. The van der Waals surface area contributed by atoms with Gasteiger partial charge in [0.1, 0.15) is 5.75 Å². The van der Waals surface area contributed by atoms with Crippen LogP contribution in [0.4, 0.5) is 0 Å². The third-order valence-electron chi connectivity index (χ3n) is 3.80. The molecular weight excluding hydrogens is 353 g/mol. The molecule has 0 unspecified atom stereocenters. The van der Waals surface area contributed by atoms with E-state index in [1.54, 1.807) is 7.11 Å². The fourth-order valence-electron chi connectivity index (χ4n) is 2.30. The number of carbonyl (C=O) groups excluding carboxylic acids is 1. The molecule has 0 N–H and O–H groups in total. The Labute approximate surface area is 128 Å². The first-order chi connectivity index (χ1) is 8.93. The second kappa shape index (κ2) is 5.69. The Bertz CT molecular complexity index is 475. The van der Waals surface area contributed by atoms with Crippen molar-refractivity contribution >= 4 is 28.5 Å². The van der Waals surface area contributed by atoms with Gasteiger partial charge in [0.15, 0.2) is 0 Å². The predicted molar refractivity (Wildman–Crippen MR) is 84.6 cm³/mol. The summed E-state index contributed by atoms with van der Waals surface area (Å²) < 4.78 is 6.20. The summed E-state index contributed by atoms with van der Waals surface area (Å²) in [7, 11) is 1.64. The van der Waals surface area contributed by atoms with Crippen molar-refractivity contribution < 1.29 is 9.53 Å². The molecule has 1 aromatic rings. The van der Waals surface area contributed by atoms with Crippen LogP contribution in [0.2, 0.25) is 0 Å². The van der Waals surface area contributed by atoms with Crippen molar-refractivity contribution in [3.63, 3.8) is 0 Å². The zero-order chi connectivity index (χ0) is 14.0. The Hall–Kier alpha value is -0.780. The number of likely N-dealkylation sites (tertiary alicyclic amines) is 1. The molecule has 1 heterocycles. The molecule has 0 aromatic heterocycles. The van der Waals surface area contributed by atoms with E-state index in [4.69, 9.17) is 4.74 Å². The summed E-state index contributed by atoms with van der Waals surface area (Å²) in [5.74, 6) is 0.952. The van der Waals surface area contributed by atoms with Gasteiger partial charge in [-0.1, -0.05) is 13.8 Å². The molecule has 0 aliphatic carbocycles. The van der Waals surface area contributed by atoms with Crippen molar-refractivity contribution in [2.24, 2.45) is 5.41 Å². The van der Waals surface area contributed by atoms with E-state index >= 15 is 0 Å². The lowest BCUT2D eigenvalue weighted by atomic mass is 9.82. The number of halogens is 1. The maximum absolute atomic E-state index is 12.4. The highest BCUT2D eigenvalue weighted by molar-refractivity contribution is 14.1. The maximum Gasteiger partial charge on any atom is 0.253 e. The van der Waals surface area contributed by atoms with Gasteiger partial charge in [-0.25, -0.2) is 0 Å². The molecule has 3 nitrogen and oxygen atoms in total. The third kappa shape index (κ3) is 3.41. The molecule has 0 spiro atoms. The summed E-state index contributed by atoms with van der Waals surface area (Å²) in [6.07, 6.45) is 2.15. The summed E-state index contributed by atoms with van der Waals surface area (Å²) in [6.45, 7) is 6.25. The van der Waals surface area contributed by atoms with Crippen LogP contribution in [0.5, 0.6) is 5.75 Å². The maximum atomic E-state index is 12.4. The van der Waals surface area contributed by atoms with Crippen LogP contribution in [-0.2, 0) is 0 Å². The second-order valence-corrected chi connectivity index (χ2v) is 6.97. The number of ether oxygens (including phenoxy) is 1. The molecule has 19 heavy (non-hydrogen) atoms. The minimum atomic E-state index is 0.135. The van der Waals surface area contributed by atoms with Crippen molar-refractivity contribution in [1.82, 2.24) is 4.90 Å². The van der Waals surface area contributed by atoms with Gasteiger partial charge >= 0.3 is 0 Å². The number of nitrogens with zero attached hydrogens (tertiary/aromatic N) is 1. The summed E-state index contributed by atoms with van der Waals surface area (Å²) in [5, 5.41) is 0. The van der Waals surface area contributed by atoms with Crippen LogP contribution >= 0.6 is 22.6 Å². The minimum Gasteiger partial charge on any atom is -0.496 e. The van der Waals surface area contributed by atoms with E-state index in [1.165, 1.54) is 0 Å². The molecular formula is C15H20INO2. The zero-order valence-corrected chi connectivity index (χ0v) is 13.9. The lowest BCUT2D eigenvalue weighted by molar-refractivity contribution is 0.0630. The molecule has 0 saturated carbocycles. The van der Waals surface area contributed by atoms with Gasteiger partial charge in [0.2, 0.25) is 0 Å². The largest absolute Gasteiger partial charge is 0.496 e. The van der Waals surface area contributed by atoms with Crippen molar-refractivity contribution in [3.8, 4) is 5.75 Å². The van der Waals surface area contributed by atoms with Crippen LogP contribution in [0.15, 0.2) is 18.2 Å². The van der Waals surface area contributed by atoms with Crippen molar-refractivity contribution in [2.75, 3.05) is 20.2 Å².